The van der Waals surface area contributed by atoms with E-state index in [4.69, 9.17) is 10.8 Å². The number of benzene rings is 1. The highest BCUT2D eigenvalue weighted by Gasteiger charge is 2.39. The summed E-state index contributed by atoms with van der Waals surface area (Å²) in [5.41, 5.74) is 7.28. The van der Waals surface area contributed by atoms with E-state index in [0.717, 1.165) is 24.8 Å². The van der Waals surface area contributed by atoms with Crippen molar-refractivity contribution in [2.75, 3.05) is 12.3 Å². The van der Waals surface area contributed by atoms with E-state index in [1.807, 2.05) is 24.3 Å². The number of carbonyl (C=O) groups is 2. The number of amides is 1. The third kappa shape index (κ3) is 4.21. The van der Waals surface area contributed by atoms with Gasteiger partial charge in [-0.25, -0.2) is 0 Å². The van der Waals surface area contributed by atoms with Crippen LogP contribution in [0, 0.1) is 5.41 Å². The molecule has 5 nitrogen and oxygen atoms in total. The molecule has 0 unspecified atom stereocenters. The fourth-order valence-electron chi connectivity index (χ4n) is 2.80. The highest BCUT2D eigenvalue weighted by atomic mass is 16.4. The van der Waals surface area contributed by atoms with Gasteiger partial charge in [0.15, 0.2) is 0 Å². The van der Waals surface area contributed by atoms with Crippen LogP contribution in [0.2, 0.25) is 0 Å². The minimum Gasteiger partial charge on any atom is -0.481 e. The minimum absolute atomic E-state index is 0.0464. The zero-order valence-corrected chi connectivity index (χ0v) is 12.1. The van der Waals surface area contributed by atoms with Crippen LogP contribution < -0.4 is 11.1 Å². The van der Waals surface area contributed by atoms with Crippen LogP contribution in [0.5, 0.6) is 0 Å². The first-order valence-corrected chi connectivity index (χ1v) is 7.33. The van der Waals surface area contributed by atoms with E-state index in [-0.39, 0.29) is 17.7 Å². The molecule has 114 valence electrons. The molecule has 1 aliphatic carbocycles. The van der Waals surface area contributed by atoms with E-state index in [2.05, 4.69) is 5.32 Å². The van der Waals surface area contributed by atoms with Crippen molar-refractivity contribution in [1.29, 1.82) is 0 Å². The van der Waals surface area contributed by atoms with Crippen LogP contribution in [0.4, 0.5) is 5.69 Å². The van der Waals surface area contributed by atoms with Crippen LogP contribution in [0.15, 0.2) is 24.3 Å². The number of para-hydroxylation sites is 1. The van der Waals surface area contributed by atoms with Crippen LogP contribution >= 0.6 is 0 Å². The van der Waals surface area contributed by atoms with Crippen LogP contribution in [0.25, 0.3) is 0 Å². The van der Waals surface area contributed by atoms with Gasteiger partial charge >= 0.3 is 5.97 Å². The lowest BCUT2D eigenvalue weighted by molar-refractivity contribution is -0.141. The van der Waals surface area contributed by atoms with Gasteiger partial charge in [0.2, 0.25) is 5.91 Å². The third-order valence-electron chi connectivity index (χ3n) is 4.28. The fraction of sp³-hybridized carbons (Fsp3) is 0.500. The number of aliphatic carboxylic acids is 1. The number of nitrogens with two attached hydrogens (primary N) is 1. The fourth-order valence-corrected chi connectivity index (χ4v) is 2.80. The van der Waals surface area contributed by atoms with Gasteiger partial charge in [0.25, 0.3) is 0 Å². The van der Waals surface area contributed by atoms with Gasteiger partial charge in [-0.1, -0.05) is 24.6 Å². The summed E-state index contributed by atoms with van der Waals surface area (Å²) < 4.78 is 0. The van der Waals surface area contributed by atoms with Crippen molar-refractivity contribution in [2.45, 2.75) is 38.5 Å². The molecule has 5 heteroatoms. The molecule has 0 saturated heterocycles. The smallest absolute Gasteiger partial charge is 0.303 e. The van der Waals surface area contributed by atoms with Crippen LogP contribution in [0.1, 0.15) is 37.7 Å². The van der Waals surface area contributed by atoms with Gasteiger partial charge in [0.1, 0.15) is 0 Å². The summed E-state index contributed by atoms with van der Waals surface area (Å²) in [5, 5.41) is 11.8. The molecule has 0 aromatic heterocycles. The monoisotopic (exact) mass is 290 g/mol. The molecule has 1 aromatic rings. The Hall–Kier alpha value is -2.04. The van der Waals surface area contributed by atoms with Crippen LogP contribution in [-0.2, 0) is 16.0 Å². The number of hydrogen-bond donors (Lipinski definition) is 3. The SMILES string of the molecule is Nc1ccccc1CCC(=O)NCC1(CC(=O)O)CCC1. The molecule has 1 aromatic carbocycles. The summed E-state index contributed by atoms with van der Waals surface area (Å²) in [5.74, 6) is -0.837. The van der Waals surface area contributed by atoms with Crippen molar-refractivity contribution in [2.24, 2.45) is 5.41 Å². The van der Waals surface area contributed by atoms with Crippen LogP contribution in [0.3, 0.4) is 0 Å². The average Bonchev–Trinajstić information content (AvgIpc) is 2.40. The van der Waals surface area contributed by atoms with Gasteiger partial charge in [-0.2, -0.15) is 0 Å². The number of carboxylic acids is 1. The lowest BCUT2D eigenvalue weighted by atomic mass is 9.66. The Morgan fingerprint density at radius 3 is 2.57 bits per heavy atom. The highest BCUT2D eigenvalue weighted by molar-refractivity contribution is 5.76. The molecule has 0 aliphatic heterocycles. The van der Waals surface area contributed by atoms with Crippen LogP contribution in [-0.4, -0.2) is 23.5 Å². The molecule has 1 fully saturated rings. The summed E-state index contributed by atoms with van der Waals surface area (Å²) in [7, 11) is 0. The minimum atomic E-state index is -0.791. The Morgan fingerprint density at radius 2 is 2.00 bits per heavy atom. The largest absolute Gasteiger partial charge is 0.481 e. The highest BCUT2D eigenvalue weighted by Crippen LogP contribution is 2.43. The molecule has 0 heterocycles. The molecule has 0 atom stereocenters. The lowest BCUT2D eigenvalue weighted by Gasteiger charge is -2.40. The molecule has 1 amide bonds. The predicted octanol–water partition coefficient (Wildman–Crippen LogP) is 1.96. The quantitative estimate of drug-likeness (QED) is 0.669. The molecule has 0 spiro atoms. The molecule has 2 rings (SSSR count). The molecule has 1 aliphatic rings. The van der Waals surface area contributed by atoms with Crippen molar-refractivity contribution in [1.82, 2.24) is 5.32 Å². The number of anilines is 1. The van der Waals surface area contributed by atoms with Gasteiger partial charge in [-0.3, -0.25) is 9.59 Å². The van der Waals surface area contributed by atoms with E-state index in [1.54, 1.807) is 0 Å². The number of rotatable bonds is 7. The Morgan fingerprint density at radius 1 is 1.29 bits per heavy atom. The summed E-state index contributed by atoms with van der Waals surface area (Å²) in [6.45, 7) is 0.461. The second kappa shape index (κ2) is 6.61. The third-order valence-corrected chi connectivity index (χ3v) is 4.28. The van der Waals surface area contributed by atoms with Crippen molar-refractivity contribution < 1.29 is 14.7 Å². The lowest BCUT2D eigenvalue weighted by Crippen LogP contribution is -2.43. The number of carboxylic acid groups (broad SMARTS) is 1. The number of carbonyl (C=O) groups excluding carboxylic acids is 1. The van der Waals surface area contributed by atoms with Crippen molar-refractivity contribution in [3.63, 3.8) is 0 Å². The number of aryl methyl sites for hydroxylation is 1. The summed E-state index contributed by atoms with van der Waals surface area (Å²) in [6.07, 6.45) is 3.92. The molecule has 21 heavy (non-hydrogen) atoms. The Labute approximate surface area is 124 Å². The standard InChI is InChI=1S/C16H22N2O3/c17-13-5-2-1-4-12(13)6-7-14(19)18-11-16(8-3-9-16)10-15(20)21/h1-2,4-5H,3,6-11,17H2,(H,18,19)(H,20,21). The maximum Gasteiger partial charge on any atom is 0.303 e. The normalized spacial score (nSPS) is 16.0. The average molecular weight is 290 g/mol. The summed E-state index contributed by atoms with van der Waals surface area (Å²) in [4.78, 5) is 22.8. The summed E-state index contributed by atoms with van der Waals surface area (Å²) >= 11 is 0. The van der Waals surface area contributed by atoms with Gasteiger partial charge in [-0.15, -0.1) is 0 Å². The second-order valence-corrected chi connectivity index (χ2v) is 5.90. The van der Waals surface area contributed by atoms with Gasteiger partial charge in [0.05, 0.1) is 6.42 Å². The van der Waals surface area contributed by atoms with E-state index >= 15 is 0 Å². The van der Waals surface area contributed by atoms with E-state index in [9.17, 15) is 9.59 Å². The van der Waals surface area contributed by atoms with Crippen molar-refractivity contribution >= 4 is 17.6 Å². The number of hydrogen-bond acceptors (Lipinski definition) is 3. The second-order valence-electron chi connectivity index (χ2n) is 5.90. The molecular formula is C16H22N2O3. The zero-order chi connectivity index (χ0) is 15.3. The molecule has 1 saturated carbocycles. The molecule has 0 radical (unpaired) electrons. The Balaban J connectivity index is 1.77. The summed E-state index contributed by atoms with van der Waals surface area (Å²) in [6, 6.07) is 7.51. The molecule has 4 N–H and O–H groups in total. The van der Waals surface area contributed by atoms with Gasteiger partial charge < -0.3 is 16.2 Å². The first-order chi connectivity index (χ1) is 10.0. The molecular weight excluding hydrogens is 268 g/mol. The van der Waals surface area contributed by atoms with Crippen molar-refractivity contribution in [3.8, 4) is 0 Å². The predicted molar refractivity (Wildman–Crippen MR) is 80.7 cm³/mol. The number of nitrogens with one attached hydrogen (secondary N) is 1. The maximum absolute atomic E-state index is 11.9. The zero-order valence-electron chi connectivity index (χ0n) is 12.1. The van der Waals surface area contributed by atoms with Gasteiger partial charge in [0, 0.05) is 18.7 Å². The van der Waals surface area contributed by atoms with E-state index in [0.29, 0.717) is 25.1 Å². The maximum atomic E-state index is 11.9. The van der Waals surface area contributed by atoms with Crippen molar-refractivity contribution in [3.05, 3.63) is 29.8 Å². The Bertz CT molecular complexity index is 524. The number of nitrogen functional groups attached to an aromatic ring is 1. The Kier molecular flexibility index (Phi) is 4.83. The first-order valence-electron chi connectivity index (χ1n) is 7.33. The topological polar surface area (TPSA) is 92.4 Å². The van der Waals surface area contributed by atoms with Gasteiger partial charge in [-0.05, 0) is 36.3 Å². The first kappa shape index (κ1) is 15.4. The molecule has 0 bridgehead atoms. The van der Waals surface area contributed by atoms with E-state index in [1.165, 1.54) is 0 Å². The van der Waals surface area contributed by atoms with E-state index < -0.39 is 5.97 Å².